The van der Waals surface area contributed by atoms with Crippen LogP contribution in [-0.2, 0) is 4.79 Å². The second kappa shape index (κ2) is 10.4. The topological polar surface area (TPSA) is 76.7 Å². The molecule has 144 valence electrons. The Balaban J connectivity index is 1.74. The molecule has 0 aliphatic carbocycles. The highest BCUT2D eigenvalue weighted by Crippen LogP contribution is 2.27. The fourth-order valence-corrected chi connectivity index (χ4v) is 2.95. The van der Waals surface area contributed by atoms with Gasteiger partial charge < -0.3 is 9.47 Å². The number of hydrogen-bond acceptors (Lipinski definition) is 4. The van der Waals surface area contributed by atoms with Crippen LogP contribution in [0.2, 0.25) is 10.0 Å². The van der Waals surface area contributed by atoms with Gasteiger partial charge >= 0.3 is 0 Å². The first kappa shape index (κ1) is 21.3. The van der Waals surface area contributed by atoms with E-state index in [2.05, 4.69) is 26.8 Å². The second-order valence-corrected chi connectivity index (χ2v) is 7.13. The van der Waals surface area contributed by atoms with Crippen molar-refractivity contribution in [1.29, 1.82) is 0 Å². The van der Waals surface area contributed by atoms with Crippen LogP contribution < -0.4 is 20.3 Å². The van der Waals surface area contributed by atoms with E-state index in [1.165, 1.54) is 7.11 Å². The van der Waals surface area contributed by atoms with Crippen molar-refractivity contribution in [3.05, 3.63) is 56.5 Å². The van der Waals surface area contributed by atoms with Crippen molar-refractivity contribution in [3.63, 3.8) is 0 Å². The van der Waals surface area contributed by atoms with E-state index in [0.29, 0.717) is 40.1 Å². The van der Waals surface area contributed by atoms with Crippen molar-refractivity contribution in [2.45, 2.75) is 12.8 Å². The fourth-order valence-electron chi connectivity index (χ4n) is 2.12. The molecule has 2 N–H and O–H groups in total. The maximum atomic E-state index is 12.2. The first-order valence-corrected chi connectivity index (χ1v) is 9.46. The average molecular weight is 476 g/mol. The van der Waals surface area contributed by atoms with E-state index in [1.807, 2.05) is 0 Å². The summed E-state index contributed by atoms with van der Waals surface area (Å²) >= 11 is 15.1. The van der Waals surface area contributed by atoms with Crippen LogP contribution in [0.1, 0.15) is 23.2 Å². The summed E-state index contributed by atoms with van der Waals surface area (Å²) in [5.41, 5.74) is 5.02. The molecule has 2 aromatic carbocycles. The normalized spacial score (nSPS) is 10.2. The van der Waals surface area contributed by atoms with Gasteiger partial charge in [-0.2, -0.15) is 0 Å². The van der Waals surface area contributed by atoms with Gasteiger partial charge in [-0.25, -0.2) is 0 Å². The number of hydrogen-bond donors (Lipinski definition) is 2. The summed E-state index contributed by atoms with van der Waals surface area (Å²) in [6.07, 6.45) is 0.613. The molecule has 2 rings (SSSR count). The smallest absolute Gasteiger partial charge is 0.273 e. The lowest BCUT2D eigenvalue weighted by atomic mass is 10.2. The molecule has 0 heterocycles. The number of hydrazine groups is 1. The van der Waals surface area contributed by atoms with Crippen LogP contribution in [0.5, 0.6) is 11.5 Å². The summed E-state index contributed by atoms with van der Waals surface area (Å²) in [4.78, 5) is 24.0. The molecule has 6 nitrogen and oxygen atoms in total. The largest absolute Gasteiger partial charge is 0.496 e. The molecule has 9 heteroatoms. The molecule has 0 saturated heterocycles. The zero-order chi connectivity index (χ0) is 19.8. The molecule has 0 atom stereocenters. The predicted molar refractivity (Wildman–Crippen MR) is 107 cm³/mol. The molecule has 0 spiro atoms. The number of carbonyl (C=O) groups excluding carboxylic acids is 2. The summed E-state index contributed by atoms with van der Waals surface area (Å²) in [6, 6.07) is 9.92. The van der Waals surface area contributed by atoms with Gasteiger partial charge in [-0.1, -0.05) is 39.1 Å². The summed E-state index contributed by atoms with van der Waals surface area (Å²) < 4.78 is 11.4. The van der Waals surface area contributed by atoms with Crippen LogP contribution in [0, 0.1) is 0 Å². The van der Waals surface area contributed by atoms with Gasteiger partial charge in [0.1, 0.15) is 11.5 Å². The molecule has 2 amide bonds. The fraction of sp³-hybridized carbons (Fsp3) is 0.222. The molecule has 0 aliphatic rings. The minimum Gasteiger partial charge on any atom is -0.496 e. The number of amides is 2. The van der Waals surface area contributed by atoms with E-state index in [-0.39, 0.29) is 12.3 Å². The minimum atomic E-state index is -0.481. The predicted octanol–water partition coefficient (Wildman–Crippen LogP) is 4.38. The lowest BCUT2D eigenvalue weighted by Crippen LogP contribution is -2.41. The molecule has 0 bridgehead atoms. The van der Waals surface area contributed by atoms with Crippen molar-refractivity contribution in [2.75, 3.05) is 13.7 Å². The third-order valence-corrected chi connectivity index (χ3v) is 4.44. The van der Waals surface area contributed by atoms with Crippen LogP contribution in [0.25, 0.3) is 0 Å². The quantitative estimate of drug-likeness (QED) is 0.460. The van der Waals surface area contributed by atoms with Gasteiger partial charge in [0.05, 0.1) is 24.3 Å². The van der Waals surface area contributed by atoms with Gasteiger partial charge in [0.15, 0.2) is 0 Å². The van der Waals surface area contributed by atoms with Crippen LogP contribution in [0.4, 0.5) is 0 Å². The number of ether oxygens (including phenoxy) is 2. The van der Waals surface area contributed by atoms with Crippen molar-refractivity contribution in [3.8, 4) is 11.5 Å². The Kier molecular flexibility index (Phi) is 8.22. The number of carbonyl (C=O) groups is 2. The number of halogens is 3. The standard InChI is InChI=1S/C18H17BrCl2N2O4/c1-26-15-6-4-11(19)9-13(15)18(25)23-22-17(24)3-2-8-27-16-7-5-12(20)10-14(16)21/h4-7,9-10H,2-3,8H2,1H3,(H,22,24)(H,23,25). The zero-order valence-electron chi connectivity index (χ0n) is 14.4. The van der Waals surface area contributed by atoms with Crippen LogP contribution in [0.15, 0.2) is 40.9 Å². The summed E-state index contributed by atoms with van der Waals surface area (Å²) in [6.45, 7) is 0.294. The molecule has 0 radical (unpaired) electrons. The maximum Gasteiger partial charge on any atom is 0.273 e. The van der Waals surface area contributed by atoms with Gasteiger partial charge in [0, 0.05) is 15.9 Å². The summed E-state index contributed by atoms with van der Waals surface area (Å²) in [7, 11) is 1.46. The molecule has 0 aromatic heterocycles. The molecular formula is C18H17BrCl2N2O4. The van der Waals surface area contributed by atoms with E-state index in [1.54, 1.807) is 36.4 Å². The molecule has 0 unspecified atom stereocenters. The Bertz CT molecular complexity index is 833. The highest BCUT2D eigenvalue weighted by atomic mass is 79.9. The van der Waals surface area contributed by atoms with Crippen molar-refractivity contribution in [1.82, 2.24) is 10.9 Å². The van der Waals surface area contributed by atoms with Crippen molar-refractivity contribution >= 4 is 50.9 Å². The zero-order valence-corrected chi connectivity index (χ0v) is 17.5. The van der Waals surface area contributed by atoms with E-state index in [4.69, 9.17) is 32.7 Å². The van der Waals surface area contributed by atoms with E-state index < -0.39 is 5.91 Å². The Morgan fingerprint density at radius 1 is 1.07 bits per heavy atom. The SMILES string of the molecule is COc1ccc(Br)cc1C(=O)NNC(=O)CCCOc1ccc(Cl)cc1Cl. The van der Waals surface area contributed by atoms with Crippen molar-refractivity contribution in [2.24, 2.45) is 0 Å². The number of rotatable bonds is 7. The third kappa shape index (κ3) is 6.61. The van der Waals surface area contributed by atoms with Gasteiger partial charge in [-0.05, 0) is 42.8 Å². The van der Waals surface area contributed by atoms with Crippen molar-refractivity contribution < 1.29 is 19.1 Å². The van der Waals surface area contributed by atoms with Crippen LogP contribution >= 0.6 is 39.1 Å². The molecule has 0 aliphatic heterocycles. The Hall–Kier alpha value is -1.96. The molecule has 27 heavy (non-hydrogen) atoms. The highest BCUT2D eigenvalue weighted by molar-refractivity contribution is 9.10. The van der Waals surface area contributed by atoms with Gasteiger partial charge in [-0.15, -0.1) is 0 Å². The Morgan fingerprint density at radius 2 is 1.81 bits per heavy atom. The molecular weight excluding hydrogens is 459 g/mol. The number of methoxy groups -OCH3 is 1. The highest BCUT2D eigenvalue weighted by Gasteiger charge is 2.13. The van der Waals surface area contributed by atoms with E-state index in [9.17, 15) is 9.59 Å². The van der Waals surface area contributed by atoms with Gasteiger partial charge in [0.2, 0.25) is 5.91 Å². The van der Waals surface area contributed by atoms with Gasteiger partial charge in [0.25, 0.3) is 5.91 Å². The number of nitrogens with one attached hydrogen (secondary N) is 2. The first-order valence-electron chi connectivity index (χ1n) is 7.91. The third-order valence-electron chi connectivity index (χ3n) is 3.42. The van der Waals surface area contributed by atoms with Crippen LogP contribution in [-0.4, -0.2) is 25.5 Å². The maximum absolute atomic E-state index is 12.2. The summed E-state index contributed by atoms with van der Waals surface area (Å²) in [5.74, 6) is 0.0727. The summed E-state index contributed by atoms with van der Waals surface area (Å²) in [5, 5.41) is 0.923. The molecule has 0 saturated carbocycles. The lowest BCUT2D eigenvalue weighted by Gasteiger charge is -2.11. The second-order valence-electron chi connectivity index (χ2n) is 5.37. The minimum absolute atomic E-state index is 0.168. The molecule has 0 fully saturated rings. The van der Waals surface area contributed by atoms with E-state index >= 15 is 0 Å². The van der Waals surface area contributed by atoms with Gasteiger partial charge in [-0.3, -0.25) is 20.4 Å². The monoisotopic (exact) mass is 474 g/mol. The molecule has 2 aromatic rings. The lowest BCUT2D eigenvalue weighted by molar-refractivity contribution is -0.122. The first-order chi connectivity index (χ1) is 12.9. The Labute approximate surface area is 175 Å². The number of benzene rings is 2. The Morgan fingerprint density at radius 3 is 2.52 bits per heavy atom. The van der Waals surface area contributed by atoms with Crippen LogP contribution in [0.3, 0.4) is 0 Å². The average Bonchev–Trinajstić information content (AvgIpc) is 2.64. The van der Waals surface area contributed by atoms with E-state index in [0.717, 1.165) is 4.47 Å².